The van der Waals surface area contributed by atoms with Crippen LogP contribution in [0.15, 0.2) is 42.5 Å². The summed E-state index contributed by atoms with van der Waals surface area (Å²) in [7, 11) is 0. The predicted molar refractivity (Wildman–Crippen MR) is 72.6 cm³/mol. The molecule has 4 heteroatoms. The minimum absolute atomic E-state index is 0.0408. The third-order valence-electron chi connectivity index (χ3n) is 2.90. The Balaban J connectivity index is 2.26. The van der Waals surface area contributed by atoms with Gasteiger partial charge in [0.2, 0.25) is 0 Å². The Hall–Kier alpha value is -1.94. The van der Waals surface area contributed by atoms with Gasteiger partial charge in [-0.2, -0.15) is 0 Å². The number of ether oxygens (including phenoxy) is 1. The molecule has 0 aliphatic rings. The average molecular weight is 278 g/mol. The summed E-state index contributed by atoms with van der Waals surface area (Å²) in [4.78, 5) is 0. The monoisotopic (exact) mass is 278 g/mol. The van der Waals surface area contributed by atoms with Crippen LogP contribution in [0.25, 0.3) is 0 Å². The van der Waals surface area contributed by atoms with Gasteiger partial charge in [-0.3, -0.25) is 0 Å². The van der Waals surface area contributed by atoms with Gasteiger partial charge in [-0.05, 0) is 30.2 Å². The van der Waals surface area contributed by atoms with Crippen LogP contribution in [-0.4, -0.2) is 11.7 Å². The highest BCUT2D eigenvalue weighted by molar-refractivity contribution is 5.36. The van der Waals surface area contributed by atoms with Crippen molar-refractivity contribution in [2.45, 2.75) is 19.4 Å². The number of rotatable bonds is 5. The van der Waals surface area contributed by atoms with E-state index >= 15 is 0 Å². The van der Waals surface area contributed by atoms with Crippen LogP contribution in [-0.2, 0) is 0 Å². The van der Waals surface area contributed by atoms with E-state index in [-0.39, 0.29) is 5.56 Å². The molecule has 0 spiro atoms. The molecule has 1 unspecified atom stereocenters. The van der Waals surface area contributed by atoms with E-state index in [0.717, 1.165) is 18.6 Å². The van der Waals surface area contributed by atoms with E-state index in [2.05, 4.69) is 0 Å². The third kappa shape index (κ3) is 3.33. The van der Waals surface area contributed by atoms with E-state index in [4.69, 9.17) is 4.74 Å². The molecular weight excluding hydrogens is 262 g/mol. The van der Waals surface area contributed by atoms with Crippen molar-refractivity contribution in [3.05, 3.63) is 65.2 Å². The van der Waals surface area contributed by atoms with Crippen LogP contribution < -0.4 is 4.74 Å². The van der Waals surface area contributed by atoms with Crippen molar-refractivity contribution in [2.75, 3.05) is 6.61 Å². The van der Waals surface area contributed by atoms with Gasteiger partial charge in [-0.1, -0.05) is 25.1 Å². The fraction of sp³-hybridized carbons (Fsp3) is 0.250. The van der Waals surface area contributed by atoms with Crippen molar-refractivity contribution in [3.63, 3.8) is 0 Å². The number of halogens is 2. The van der Waals surface area contributed by atoms with Crippen LogP contribution in [0, 0.1) is 11.6 Å². The highest BCUT2D eigenvalue weighted by atomic mass is 19.1. The zero-order chi connectivity index (χ0) is 14.5. The largest absolute Gasteiger partial charge is 0.494 e. The van der Waals surface area contributed by atoms with Crippen molar-refractivity contribution >= 4 is 0 Å². The fourth-order valence-electron chi connectivity index (χ4n) is 1.90. The molecule has 2 aromatic rings. The average Bonchev–Trinajstić information content (AvgIpc) is 2.45. The highest BCUT2D eigenvalue weighted by Crippen LogP contribution is 2.27. The van der Waals surface area contributed by atoms with E-state index in [0.29, 0.717) is 17.9 Å². The molecule has 0 aromatic heterocycles. The Labute approximate surface area is 116 Å². The third-order valence-corrected chi connectivity index (χ3v) is 2.90. The maximum absolute atomic E-state index is 13.7. The minimum Gasteiger partial charge on any atom is -0.494 e. The van der Waals surface area contributed by atoms with Crippen molar-refractivity contribution in [1.29, 1.82) is 0 Å². The van der Waals surface area contributed by atoms with Crippen LogP contribution in [0.1, 0.15) is 30.6 Å². The summed E-state index contributed by atoms with van der Waals surface area (Å²) in [5, 5.41) is 10.2. The normalized spacial score (nSPS) is 12.2. The van der Waals surface area contributed by atoms with Crippen molar-refractivity contribution < 1.29 is 18.6 Å². The molecular formula is C16H16F2O2. The maximum atomic E-state index is 13.7. The molecule has 106 valence electrons. The molecule has 20 heavy (non-hydrogen) atoms. The number of aliphatic hydroxyl groups is 1. The first-order valence-electron chi connectivity index (χ1n) is 6.47. The molecule has 0 fully saturated rings. The number of hydrogen-bond acceptors (Lipinski definition) is 2. The van der Waals surface area contributed by atoms with Gasteiger partial charge in [0.25, 0.3) is 0 Å². The molecule has 1 N–H and O–H groups in total. The number of aliphatic hydroxyl groups excluding tert-OH is 1. The molecule has 0 aliphatic carbocycles. The Morgan fingerprint density at radius 3 is 2.65 bits per heavy atom. The summed E-state index contributed by atoms with van der Waals surface area (Å²) < 4.78 is 32.0. The molecule has 0 amide bonds. The van der Waals surface area contributed by atoms with Gasteiger partial charge < -0.3 is 9.84 Å². The van der Waals surface area contributed by atoms with E-state index in [1.54, 1.807) is 24.3 Å². The summed E-state index contributed by atoms with van der Waals surface area (Å²) in [6.07, 6.45) is -0.278. The molecule has 1 atom stereocenters. The number of benzene rings is 2. The van der Waals surface area contributed by atoms with Crippen LogP contribution in [0.2, 0.25) is 0 Å². The Morgan fingerprint density at radius 2 is 1.95 bits per heavy atom. The second-order valence-corrected chi connectivity index (χ2v) is 4.49. The lowest BCUT2D eigenvalue weighted by Gasteiger charge is -2.14. The van der Waals surface area contributed by atoms with Crippen LogP contribution in [0.3, 0.4) is 0 Å². The zero-order valence-electron chi connectivity index (χ0n) is 11.1. The van der Waals surface area contributed by atoms with Gasteiger partial charge in [0, 0.05) is 11.6 Å². The first-order valence-corrected chi connectivity index (χ1v) is 6.47. The standard InChI is InChI=1S/C16H16F2O2/c1-2-8-20-13-5-3-4-11(9-13)16(19)14-7-6-12(17)10-15(14)18/h3-7,9-10,16,19H,2,8H2,1H3. The van der Waals surface area contributed by atoms with Gasteiger partial charge in [0.05, 0.1) is 6.61 Å². The summed E-state index contributed by atoms with van der Waals surface area (Å²) in [6, 6.07) is 9.96. The Bertz CT molecular complexity index is 584. The lowest BCUT2D eigenvalue weighted by atomic mass is 10.0. The Kier molecular flexibility index (Phi) is 4.69. The predicted octanol–water partition coefficient (Wildman–Crippen LogP) is 3.84. The smallest absolute Gasteiger partial charge is 0.132 e. The Morgan fingerprint density at radius 1 is 1.15 bits per heavy atom. The van der Waals surface area contributed by atoms with E-state index in [9.17, 15) is 13.9 Å². The molecule has 0 bridgehead atoms. The molecule has 2 rings (SSSR count). The molecule has 2 aromatic carbocycles. The highest BCUT2D eigenvalue weighted by Gasteiger charge is 2.16. The molecule has 0 saturated heterocycles. The molecule has 0 aliphatic heterocycles. The second-order valence-electron chi connectivity index (χ2n) is 4.49. The number of hydrogen-bond donors (Lipinski definition) is 1. The topological polar surface area (TPSA) is 29.5 Å². The summed E-state index contributed by atoms with van der Waals surface area (Å²) in [6.45, 7) is 2.57. The SMILES string of the molecule is CCCOc1cccc(C(O)c2ccc(F)cc2F)c1. The van der Waals surface area contributed by atoms with E-state index < -0.39 is 17.7 Å². The molecule has 2 nitrogen and oxygen atoms in total. The van der Waals surface area contributed by atoms with Crippen molar-refractivity contribution in [3.8, 4) is 5.75 Å². The van der Waals surface area contributed by atoms with Gasteiger partial charge in [0.1, 0.15) is 23.5 Å². The van der Waals surface area contributed by atoms with Gasteiger partial charge in [0.15, 0.2) is 0 Å². The summed E-state index contributed by atoms with van der Waals surface area (Å²) in [5.41, 5.74) is 0.545. The first kappa shape index (κ1) is 14.5. The quantitative estimate of drug-likeness (QED) is 0.900. The van der Waals surface area contributed by atoms with E-state index in [1.165, 1.54) is 6.07 Å². The maximum Gasteiger partial charge on any atom is 0.132 e. The van der Waals surface area contributed by atoms with Crippen molar-refractivity contribution in [2.24, 2.45) is 0 Å². The van der Waals surface area contributed by atoms with Crippen LogP contribution in [0.5, 0.6) is 5.75 Å². The first-order chi connectivity index (χ1) is 9.61. The lowest BCUT2D eigenvalue weighted by Crippen LogP contribution is -2.04. The molecule has 0 saturated carbocycles. The zero-order valence-corrected chi connectivity index (χ0v) is 11.1. The van der Waals surface area contributed by atoms with Crippen LogP contribution in [0.4, 0.5) is 8.78 Å². The summed E-state index contributed by atoms with van der Waals surface area (Å²) >= 11 is 0. The fourth-order valence-corrected chi connectivity index (χ4v) is 1.90. The summed E-state index contributed by atoms with van der Waals surface area (Å²) in [5.74, 6) is -0.818. The molecule has 0 heterocycles. The van der Waals surface area contributed by atoms with Gasteiger partial charge in [-0.25, -0.2) is 8.78 Å². The lowest BCUT2D eigenvalue weighted by molar-refractivity contribution is 0.214. The minimum atomic E-state index is -1.15. The second kappa shape index (κ2) is 6.48. The van der Waals surface area contributed by atoms with E-state index in [1.807, 2.05) is 6.92 Å². The van der Waals surface area contributed by atoms with Crippen molar-refractivity contribution in [1.82, 2.24) is 0 Å². The van der Waals surface area contributed by atoms with Gasteiger partial charge in [-0.15, -0.1) is 0 Å². The van der Waals surface area contributed by atoms with Gasteiger partial charge >= 0.3 is 0 Å². The van der Waals surface area contributed by atoms with Crippen LogP contribution >= 0.6 is 0 Å². The molecule has 0 radical (unpaired) electrons.